The number of rotatable bonds is 6. The van der Waals surface area contributed by atoms with Crippen LogP contribution in [0.5, 0.6) is 0 Å². The van der Waals surface area contributed by atoms with Crippen LogP contribution in [0, 0.1) is 5.92 Å². The molecular weight excluding hydrogens is 210 g/mol. The zero-order valence-corrected chi connectivity index (χ0v) is 11.4. The van der Waals surface area contributed by atoms with E-state index >= 15 is 0 Å². The zero-order valence-electron chi connectivity index (χ0n) is 11.4. The van der Waals surface area contributed by atoms with E-state index in [4.69, 9.17) is 5.11 Å². The summed E-state index contributed by atoms with van der Waals surface area (Å²) in [6, 6.07) is 9.09. The van der Waals surface area contributed by atoms with Gasteiger partial charge in [-0.3, -0.25) is 0 Å². The SMILES string of the molecule is CC(C)c1ccc(CNC(C)C(C)CO)cc1. The lowest BCUT2D eigenvalue weighted by Gasteiger charge is -2.19. The molecule has 0 fully saturated rings. The summed E-state index contributed by atoms with van der Waals surface area (Å²) >= 11 is 0. The van der Waals surface area contributed by atoms with Gasteiger partial charge in [0.25, 0.3) is 0 Å². The standard InChI is InChI=1S/C15H25NO/c1-11(2)15-7-5-14(6-8-15)9-16-13(4)12(3)10-17/h5-8,11-13,16-17H,9-10H2,1-4H3. The summed E-state index contributed by atoms with van der Waals surface area (Å²) in [6.45, 7) is 9.68. The first-order valence-electron chi connectivity index (χ1n) is 6.47. The van der Waals surface area contributed by atoms with Crippen LogP contribution in [0.1, 0.15) is 44.7 Å². The van der Waals surface area contributed by atoms with Gasteiger partial charge in [-0.05, 0) is 29.9 Å². The highest BCUT2D eigenvalue weighted by atomic mass is 16.3. The molecule has 0 aromatic heterocycles. The van der Waals surface area contributed by atoms with Crippen LogP contribution in [-0.2, 0) is 6.54 Å². The van der Waals surface area contributed by atoms with E-state index < -0.39 is 0 Å². The van der Waals surface area contributed by atoms with Gasteiger partial charge in [-0.1, -0.05) is 45.0 Å². The number of hydrogen-bond donors (Lipinski definition) is 2. The van der Waals surface area contributed by atoms with E-state index in [1.165, 1.54) is 11.1 Å². The summed E-state index contributed by atoms with van der Waals surface area (Å²) < 4.78 is 0. The molecule has 0 saturated carbocycles. The van der Waals surface area contributed by atoms with Crippen molar-refractivity contribution in [1.29, 1.82) is 0 Å². The molecule has 0 amide bonds. The summed E-state index contributed by atoms with van der Waals surface area (Å²) in [4.78, 5) is 0. The molecular formula is C15H25NO. The lowest BCUT2D eigenvalue weighted by atomic mass is 10.0. The molecule has 1 aromatic rings. The second-order valence-electron chi connectivity index (χ2n) is 5.23. The third-order valence-corrected chi connectivity index (χ3v) is 3.42. The second kappa shape index (κ2) is 6.77. The predicted octanol–water partition coefficient (Wildman–Crippen LogP) is 2.92. The maximum absolute atomic E-state index is 9.06. The van der Waals surface area contributed by atoms with E-state index in [1.54, 1.807) is 0 Å². The van der Waals surface area contributed by atoms with Gasteiger partial charge in [0.2, 0.25) is 0 Å². The Kier molecular flexibility index (Phi) is 5.66. The van der Waals surface area contributed by atoms with Gasteiger partial charge in [-0.15, -0.1) is 0 Å². The van der Waals surface area contributed by atoms with Gasteiger partial charge in [0, 0.05) is 19.2 Å². The average molecular weight is 235 g/mol. The first-order valence-corrected chi connectivity index (χ1v) is 6.47. The van der Waals surface area contributed by atoms with Crippen LogP contribution in [0.4, 0.5) is 0 Å². The molecule has 2 N–H and O–H groups in total. The van der Waals surface area contributed by atoms with Gasteiger partial charge in [-0.25, -0.2) is 0 Å². The van der Waals surface area contributed by atoms with Gasteiger partial charge in [0.15, 0.2) is 0 Å². The maximum atomic E-state index is 9.06. The number of aliphatic hydroxyl groups is 1. The van der Waals surface area contributed by atoms with Crippen molar-refractivity contribution in [2.24, 2.45) is 5.92 Å². The quantitative estimate of drug-likeness (QED) is 0.794. The molecule has 0 radical (unpaired) electrons. The van der Waals surface area contributed by atoms with Gasteiger partial charge in [-0.2, -0.15) is 0 Å². The smallest absolute Gasteiger partial charge is 0.0471 e. The summed E-state index contributed by atoms with van der Waals surface area (Å²) in [7, 11) is 0. The van der Waals surface area contributed by atoms with Crippen LogP contribution in [0.25, 0.3) is 0 Å². The first kappa shape index (κ1) is 14.2. The highest BCUT2D eigenvalue weighted by Crippen LogP contribution is 2.14. The fraction of sp³-hybridized carbons (Fsp3) is 0.600. The van der Waals surface area contributed by atoms with Crippen LogP contribution in [-0.4, -0.2) is 17.8 Å². The van der Waals surface area contributed by atoms with Gasteiger partial charge in [0.05, 0.1) is 0 Å². The minimum Gasteiger partial charge on any atom is -0.396 e. The van der Waals surface area contributed by atoms with E-state index in [1.807, 2.05) is 0 Å². The van der Waals surface area contributed by atoms with E-state index in [0.717, 1.165) is 6.54 Å². The van der Waals surface area contributed by atoms with Crippen molar-refractivity contribution in [1.82, 2.24) is 5.32 Å². The van der Waals surface area contributed by atoms with E-state index in [0.29, 0.717) is 17.9 Å². The number of nitrogens with one attached hydrogen (secondary N) is 1. The largest absolute Gasteiger partial charge is 0.396 e. The monoisotopic (exact) mass is 235 g/mol. The molecule has 2 nitrogen and oxygen atoms in total. The predicted molar refractivity (Wildman–Crippen MR) is 73.1 cm³/mol. The Morgan fingerprint density at radius 3 is 2.12 bits per heavy atom. The van der Waals surface area contributed by atoms with Crippen molar-refractivity contribution in [3.05, 3.63) is 35.4 Å². The molecule has 0 spiro atoms. The normalized spacial score (nSPS) is 14.9. The third kappa shape index (κ3) is 4.49. The molecule has 17 heavy (non-hydrogen) atoms. The second-order valence-corrected chi connectivity index (χ2v) is 5.23. The Bertz CT molecular complexity index is 318. The lowest BCUT2D eigenvalue weighted by Crippen LogP contribution is -2.33. The molecule has 0 bridgehead atoms. The summed E-state index contributed by atoms with van der Waals surface area (Å²) in [5, 5.41) is 12.5. The fourth-order valence-corrected chi connectivity index (χ4v) is 1.66. The average Bonchev–Trinajstić information content (AvgIpc) is 2.35. The molecule has 2 heteroatoms. The number of benzene rings is 1. The van der Waals surface area contributed by atoms with E-state index in [-0.39, 0.29) is 6.61 Å². The Morgan fingerprint density at radius 2 is 1.65 bits per heavy atom. The highest BCUT2D eigenvalue weighted by Gasteiger charge is 2.09. The van der Waals surface area contributed by atoms with Crippen molar-refractivity contribution >= 4 is 0 Å². The zero-order chi connectivity index (χ0) is 12.8. The van der Waals surface area contributed by atoms with Crippen LogP contribution in [0.15, 0.2) is 24.3 Å². The fourth-order valence-electron chi connectivity index (χ4n) is 1.66. The van der Waals surface area contributed by atoms with Gasteiger partial charge in [0.1, 0.15) is 0 Å². The third-order valence-electron chi connectivity index (χ3n) is 3.42. The van der Waals surface area contributed by atoms with Crippen LogP contribution >= 0.6 is 0 Å². The molecule has 0 aliphatic heterocycles. The van der Waals surface area contributed by atoms with Gasteiger partial charge >= 0.3 is 0 Å². The Balaban J connectivity index is 2.47. The molecule has 0 aliphatic carbocycles. The van der Waals surface area contributed by atoms with Crippen LogP contribution in [0.3, 0.4) is 0 Å². The van der Waals surface area contributed by atoms with Crippen molar-refractivity contribution in [3.8, 4) is 0 Å². The topological polar surface area (TPSA) is 32.3 Å². The van der Waals surface area contributed by atoms with E-state index in [9.17, 15) is 0 Å². The molecule has 2 atom stereocenters. The highest BCUT2D eigenvalue weighted by molar-refractivity contribution is 5.24. The molecule has 96 valence electrons. The van der Waals surface area contributed by atoms with Crippen molar-refractivity contribution in [3.63, 3.8) is 0 Å². The Labute approximate surface area is 105 Å². The summed E-state index contributed by atoms with van der Waals surface area (Å²) in [5.41, 5.74) is 2.68. The van der Waals surface area contributed by atoms with Crippen LogP contribution < -0.4 is 5.32 Å². The number of aliphatic hydroxyl groups excluding tert-OH is 1. The molecule has 1 aromatic carbocycles. The molecule has 1 rings (SSSR count). The molecule has 0 saturated heterocycles. The van der Waals surface area contributed by atoms with Crippen molar-refractivity contribution in [2.75, 3.05) is 6.61 Å². The minimum absolute atomic E-state index is 0.237. The summed E-state index contributed by atoms with van der Waals surface area (Å²) in [6.07, 6.45) is 0. The first-order chi connectivity index (χ1) is 8.04. The summed E-state index contributed by atoms with van der Waals surface area (Å²) in [5.74, 6) is 0.885. The van der Waals surface area contributed by atoms with Crippen molar-refractivity contribution in [2.45, 2.75) is 46.2 Å². The van der Waals surface area contributed by atoms with Gasteiger partial charge < -0.3 is 10.4 Å². The maximum Gasteiger partial charge on any atom is 0.0471 e. The van der Waals surface area contributed by atoms with Crippen molar-refractivity contribution < 1.29 is 5.11 Å². The molecule has 0 aliphatic rings. The Morgan fingerprint density at radius 1 is 1.06 bits per heavy atom. The number of hydrogen-bond acceptors (Lipinski definition) is 2. The van der Waals surface area contributed by atoms with Crippen LogP contribution in [0.2, 0.25) is 0 Å². The molecule has 2 unspecified atom stereocenters. The lowest BCUT2D eigenvalue weighted by molar-refractivity contribution is 0.207. The molecule has 0 heterocycles. The minimum atomic E-state index is 0.237. The van der Waals surface area contributed by atoms with E-state index in [2.05, 4.69) is 57.3 Å². The Hall–Kier alpha value is -0.860.